The number of hydrogen-bond acceptors (Lipinski definition) is 4. The average Bonchev–Trinajstić information content (AvgIpc) is 2.75. The van der Waals surface area contributed by atoms with Gasteiger partial charge in [-0.25, -0.2) is 12.8 Å². The molecule has 0 bridgehead atoms. The van der Waals surface area contributed by atoms with E-state index in [1.165, 1.54) is 13.2 Å². The van der Waals surface area contributed by atoms with Crippen molar-refractivity contribution in [3.8, 4) is 5.75 Å². The molecule has 0 saturated heterocycles. The molecule has 0 saturated carbocycles. The van der Waals surface area contributed by atoms with Gasteiger partial charge in [0.2, 0.25) is 15.9 Å². The van der Waals surface area contributed by atoms with Crippen LogP contribution in [0.1, 0.15) is 11.1 Å². The van der Waals surface area contributed by atoms with Gasteiger partial charge in [0.15, 0.2) is 0 Å². The van der Waals surface area contributed by atoms with E-state index in [4.69, 9.17) is 16.3 Å². The summed E-state index contributed by atoms with van der Waals surface area (Å²) >= 11 is 5.97. The fourth-order valence-electron chi connectivity index (χ4n) is 3.14. The van der Waals surface area contributed by atoms with Gasteiger partial charge >= 0.3 is 0 Å². The van der Waals surface area contributed by atoms with E-state index in [1.807, 2.05) is 6.07 Å². The quantitative estimate of drug-likeness (QED) is 0.507. The molecule has 0 aliphatic carbocycles. The second-order valence-corrected chi connectivity index (χ2v) is 9.23. The summed E-state index contributed by atoms with van der Waals surface area (Å²) in [6.45, 7) is 1.77. The monoisotopic (exact) mass is 476 g/mol. The van der Waals surface area contributed by atoms with E-state index >= 15 is 0 Å². The minimum Gasteiger partial charge on any atom is -0.495 e. The highest BCUT2D eigenvalue weighted by Gasteiger charge is 2.29. The Morgan fingerprint density at radius 2 is 1.81 bits per heavy atom. The Hall–Kier alpha value is -2.94. The maximum Gasteiger partial charge on any atom is 0.245 e. The van der Waals surface area contributed by atoms with Crippen molar-refractivity contribution < 1.29 is 22.3 Å². The maximum absolute atomic E-state index is 13.8. The summed E-state index contributed by atoms with van der Waals surface area (Å²) < 4.78 is 47.4. The Balaban J connectivity index is 1.93. The number of sulfonamides is 1. The molecule has 2 N–H and O–H groups in total. The molecule has 1 unspecified atom stereocenters. The number of carbonyl (C=O) groups is 1. The van der Waals surface area contributed by atoms with Crippen molar-refractivity contribution in [2.24, 2.45) is 0 Å². The number of hydrogen-bond donors (Lipinski definition) is 2. The molecule has 1 atom stereocenters. The van der Waals surface area contributed by atoms with Crippen molar-refractivity contribution in [3.05, 3.63) is 88.7 Å². The van der Waals surface area contributed by atoms with Crippen molar-refractivity contribution in [1.82, 2.24) is 4.72 Å². The van der Waals surface area contributed by atoms with Crippen LogP contribution in [-0.4, -0.2) is 27.5 Å². The fraction of sp³-hybridized carbons (Fsp3) is 0.174. The van der Waals surface area contributed by atoms with Crippen LogP contribution in [0.4, 0.5) is 10.1 Å². The number of halogens is 2. The average molecular weight is 477 g/mol. The normalized spacial score (nSPS) is 12.2. The number of aryl methyl sites for hydroxylation is 1. The van der Waals surface area contributed by atoms with E-state index in [2.05, 4.69) is 10.0 Å². The number of methoxy groups -OCH3 is 1. The molecular formula is C23H22ClFN2O4S. The van der Waals surface area contributed by atoms with E-state index in [9.17, 15) is 17.6 Å². The van der Waals surface area contributed by atoms with Gasteiger partial charge in [-0.1, -0.05) is 41.9 Å². The van der Waals surface area contributed by atoms with Crippen LogP contribution in [0.25, 0.3) is 0 Å². The van der Waals surface area contributed by atoms with E-state index < -0.39 is 32.7 Å². The van der Waals surface area contributed by atoms with Gasteiger partial charge in [0.25, 0.3) is 0 Å². The summed E-state index contributed by atoms with van der Waals surface area (Å²) in [5.74, 6) is -1.35. The molecular weight excluding hydrogens is 455 g/mol. The molecule has 32 heavy (non-hydrogen) atoms. The maximum atomic E-state index is 13.8. The third kappa shape index (κ3) is 5.85. The molecule has 3 rings (SSSR count). The zero-order valence-electron chi connectivity index (χ0n) is 17.4. The predicted molar refractivity (Wildman–Crippen MR) is 122 cm³/mol. The summed E-state index contributed by atoms with van der Waals surface area (Å²) in [7, 11) is -3.01. The first-order chi connectivity index (χ1) is 15.2. The molecule has 0 spiro atoms. The third-order valence-corrected chi connectivity index (χ3v) is 6.49. The molecule has 0 aromatic heterocycles. The number of benzene rings is 3. The summed E-state index contributed by atoms with van der Waals surface area (Å²) in [4.78, 5) is 12.7. The lowest BCUT2D eigenvalue weighted by Gasteiger charge is -2.20. The second-order valence-electron chi connectivity index (χ2n) is 7.11. The zero-order valence-corrected chi connectivity index (χ0v) is 19.0. The second kappa shape index (κ2) is 10.1. The minimum absolute atomic E-state index is 0.0358. The lowest BCUT2D eigenvalue weighted by atomic mass is 10.1. The van der Waals surface area contributed by atoms with Gasteiger partial charge in [-0.15, -0.1) is 0 Å². The van der Waals surface area contributed by atoms with Crippen LogP contribution in [0.15, 0.2) is 71.6 Å². The fourth-order valence-corrected chi connectivity index (χ4v) is 4.74. The van der Waals surface area contributed by atoms with E-state index in [0.29, 0.717) is 10.7 Å². The van der Waals surface area contributed by atoms with Crippen molar-refractivity contribution in [3.63, 3.8) is 0 Å². The van der Waals surface area contributed by atoms with Crippen molar-refractivity contribution in [2.45, 2.75) is 24.3 Å². The topological polar surface area (TPSA) is 84.5 Å². The number of nitrogens with one attached hydrogen (secondary N) is 2. The molecule has 6 nitrogen and oxygen atoms in total. The molecule has 0 aliphatic rings. The number of anilines is 1. The molecule has 0 aliphatic heterocycles. The Bertz CT molecular complexity index is 1220. The summed E-state index contributed by atoms with van der Waals surface area (Å²) in [6.07, 6.45) is 0.0795. The minimum atomic E-state index is -4.30. The van der Waals surface area contributed by atoms with Crippen molar-refractivity contribution >= 4 is 33.2 Å². The molecule has 9 heteroatoms. The van der Waals surface area contributed by atoms with Gasteiger partial charge < -0.3 is 10.1 Å². The van der Waals surface area contributed by atoms with Crippen molar-refractivity contribution in [2.75, 3.05) is 12.4 Å². The van der Waals surface area contributed by atoms with E-state index in [0.717, 1.165) is 23.3 Å². The third-order valence-electron chi connectivity index (χ3n) is 4.76. The number of rotatable bonds is 8. The van der Waals surface area contributed by atoms with Gasteiger partial charge in [-0.2, -0.15) is 4.72 Å². The first kappa shape index (κ1) is 23.7. The van der Waals surface area contributed by atoms with Crippen LogP contribution in [-0.2, 0) is 21.2 Å². The Morgan fingerprint density at radius 3 is 2.47 bits per heavy atom. The lowest BCUT2D eigenvalue weighted by Crippen LogP contribution is -2.45. The Kier molecular flexibility index (Phi) is 7.50. The standard InChI is InChI=1S/C23H22ClFN2O4S/c1-15-12-17(24)8-10-19(15)26-23(28)20(13-16-6-4-3-5-7-16)27-32(29,30)22-14-18(25)9-11-21(22)31-2/h3-12,14,20,27H,13H2,1-2H3,(H,26,28). The van der Waals surface area contributed by atoms with Crippen LogP contribution < -0.4 is 14.8 Å². The number of carbonyl (C=O) groups excluding carboxylic acids is 1. The highest BCUT2D eigenvalue weighted by molar-refractivity contribution is 7.89. The van der Waals surface area contributed by atoms with E-state index in [1.54, 1.807) is 49.4 Å². The Labute approximate surface area is 191 Å². The van der Waals surface area contributed by atoms with Crippen LogP contribution in [0.2, 0.25) is 5.02 Å². The van der Waals surface area contributed by atoms with Gasteiger partial charge in [-0.3, -0.25) is 4.79 Å². The predicted octanol–water partition coefficient (Wildman–Crippen LogP) is 4.32. The van der Waals surface area contributed by atoms with Crippen LogP contribution >= 0.6 is 11.6 Å². The van der Waals surface area contributed by atoms with Crippen LogP contribution in [0.3, 0.4) is 0 Å². The highest BCUT2D eigenvalue weighted by atomic mass is 35.5. The van der Waals surface area contributed by atoms with Crippen LogP contribution in [0.5, 0.6) is 5.75 Å². The number of ether oxygens (including phenoxy) is 1. The van der Waals surface area contributed by atoms with Gasteiger partial charge in [0, 0.05) is 10.7 Å². The molecule has 0 radical (unpaired) electrons. The zero-order chi connectivity index (χ0) is 23.3. The molecule has 168 valence electrons. The smallest absolute Gasteiger partial charge is 0.245 e. The van der Waals surface area contributed by atoms with Gasteiger partial charge in [0.05, 0.1) is 7.11 Å². The van der Waals surface area contributed by atoms with Gasteiger partial charge in [-0.05, 0) is 60.9 Å². The first-order valence-corrected chi connectivity index (χ1v) is 11.5. The van der Waals surface area contributed by atoms with Crippen LogP contribution in [0, 0.1) is 12.7 Å². The first-order valence-electron chi connectivity index (χ1n) is 9.66. The van der Waals surface area contributed by atoms with Crippen molar-refractivity contribution in [1.29, 1.82) is 0 Å². The highest BCUT2D eigenvalue weighted by Crippen LogP contribution is 2.25. The molecule has 0 heterocycles. The summed E-state index contributed by atoms with van der Waals surface area (Å²) in [5.41, 5.74) is 1.97. The van der Waals surface area contributed by atoms with Gasteiger partial charge in [0.1, 0.15) is 22.5 Å². The molecule has 1 amide bonds. The lowest BCUT2D eigenvalue weighted by molar-refractivity contribution is -0.117. The summed E-state index contributed by atoms with van der Waals surface area (Å²) in [6, 6.07) is 15.9. The number of amides is 1. The molecule has 0 fully saturated rings. The SMILES string of the molecule is COc1ccc(F)cc1S(=O)(=O)NC(Cc1ccccc1)C(=O)Nc1ccc(Cl)cc1C. The summed E-state index contributed by atoms with van der Waals surface area (Å²) in [5, 5.41) is 3.26. The largest absolute Gasteiger partial charge is 0.495 e. The Morgan fingerprint density at radius 1 is 1.09 bits per heavy atom. The molecule has 3 aromatic carbocycles. The molecule has 3 aromatic rings. The van der Waals surface area contributed by atoms with E-state index in [-0.39, 0.29) is 12.2 Å².